The average Bonchev–Trinajstić information content (AvgIpc) is 3.43. The number of nitrogen functional groups attached to an aromatic ring is 1. The van der Waals surface area contributed by atoms with Crippen LogP contribution in [0.15, 0.2) is 40.5 Å². The molecule has 0 amide bonds. The fourth-order valence-corrected chi connectivity index (χ4v) is 6.10. The van der Waals surface area contributed by atoms with Gasteiger partial charge < -0.3 is 24.5 Å². The Morgan fingerprint density at radius 2 is 1.62 bits per heavy atom. The zero-order chi connectivity index (χ0) is 34.8. The SMILES string of the molecule is CC1CC1(Cn1cnc2c(Sc3ccc([N+](=O)[O-])cc3)nc(N)nc21)OCP(=O)(OCOC(=O)C(C)(C)C)OCOC(=O)C(C)(C)C. The normalized spacial score (nSPS) is 18.2. The van der Waals surface area contributed by atoms with Crippen molar-refractivity contribution in [1.82, 2.24) is 19.5 Å². The van der Waals surface area contributed by atoms with Gasteiger partial charge in [0, 0.05) is 17.0 Å². The zero-order valence-electron chi connectivity index (χ0n) is 27.3. The van der Waals surface area contributed by atoms with Gasteiger partial charge in [0.15, 0.2) is 5.65 Å². The highest BCUT2D eigenvalue weighted by Crippen LogP contribution is 2.55. The fraction of sp³-hybridized carbons (Fsp3) is 0.552. The van der Waals surface area contributed by atoms with Gasteiger partial charge in [-0.2, -0.15) is 4.98 Å². The van der Waals surface area contributed by atoms with E-state index in [1.54, 1.807) is 64.6 Å². The minimum absolute atomic E-state index is 0.00313. The molecule has 2 aromatic heterocycles. The molecule has 18 heteroatoms. The predicted molar refractivity (Wildman–Crippen MR) is 170 cm³/mol. The number of aromatic nitrogens is 4. The number of nitro benzene ring substituents is 1. The van der Waals surface area contributed by atoms with Gasteiger partial charge in [-0.05, 0) is 66.0 Å². The number of nitrogens with zero attached hydrogens (tertiary/aromatic N) is 5. The van der Waals surface area contributed by atoms with Crippen LogP contribution in [0.25, 0.3) is 11.2 Å². The van der Waals surface area contributed by atoms with E-state index in [0.717, 1.165) is 0 Å². The first kappa shape index (κ1) is 36.2. The first-order valence-electron chi connectivity index (χ1n) is 14.6. The molecule has 0 radical (unpaired) electrons. The summed E-state index contributed by atoms with van der Waals surface area (Å²) in [6.45, 7) is 10.9. The number of imidazole rings is 1. The van der Waals surface area contributed by atoms with E-state index in [9.17, 15) is 24.3 Å². The van der Waals surface area contributed by atoms with Gasteiger partial charge in [0.05, 0.1) is 34.2 Å². The molecule has 1 saturated carbocycles. The number of fused-ring (bicyclic) bond motifs is 1. The van der Waals surface area contributed by atoms with Crippen molar-refractivity contribution in [2.24, 2.45) is 16.7 Å². The van der Waals surface area contributed by atoms with Crippen molar-refractivity contribution in [3.8, 4) is 0 Å². The van der Waals surface area contributed by atoms with Crippen LogP contribution in [0.4, 0.5) is 11.6 Å². The van der Waals surface area contributed by atoms with Gasteiger partial charge in [-0.1, -0.05) is 18.7 Å². The third-order valence-electron chi connectivity index (χ3n) is 7.15. The largest absolute Gasteiger partial charge is 0.438 e. The molecular weight excluding hydrogens is 655 g/mol. The number of hydrogen-bond donors (Lipinski definition) is 1. The number of carbonyl (C=O) groups excluding carboxylic acids is 2. The van der Waals surface area contributed by atoms with Crippen LogP contribution >= 0.6 is 19.4 Å². The maximum absolute atomic E-state index is 13.7. The van der Waals surface area contributed by atoms with Crippen molar-refractivity contribution in [3.63, 3.8) is 0 Å². The van der Waals surface area contributed by atoms with Crippen molar-refractivity contribution >= 4 is 54.1 Å². The van der Waals surface area contributed by atoms with Crippen LogP contribution in [0.5, 0.6) is 0 Å². The first-order valence-corrected chi connectivity index (χ1v) is 17.1. The smallest absolute Gasteiger partial charge is 0.361 e. The number of anilines is 1. The van der Waals surface area contributed by atoms with E-state index in [1.165, 1.54) is 23.9 Å². The molecule has 0 spiro atoms. The van der Waals surface area contributed by atoms with Crippen molar-refractivity contribution in [1.29, 1.82) is 0 Å². The summed E-state index contributed by atoms with van der Waals surface area (Å²) < 4.78 is 42.8. The van der Waals surface area contributed by atoms with Gasteiger partial charge in [0.2, 0.25) is 19.5 Å². The highest BCUT2D eigenvalue weighted by molar-refractivity contribution is 7.99. The first-order chi connectivity index (χ1) is 21.8. The summed E-state index contributed by atoms with van der Waals surface area (Å²) in [4.78, 5) is 48.9. The van der Waals surface area contributed by atoms with Gasteiger partial charge in [0.1, 0.15) is 16.9 Å². The monoisotopic (exact) mass is 694 g/mol. The van der Waals surface area contributed by atoms with E-state index < -0.39 is 60.8 Å². The molecular formula is C29H39N6O10PS. The van der Waals surface area contributed by atoms with Gasteiger partial charge in [-0.15, -0.1) is 0 Å². The van der Waals surface area contributed by atoms with Crippen LogP contribution in [0.1, 0.15) is 54.9 Å². The second-order valence-electron chi connectivity index (χ2n) is 13.2. The number of nitrogens with two attached hydrogens (primary N) is 1. The van der Waals surface area contributed by atoms with E-state index in [-0.39, 0.29) is 24.1 Å². The predicted octanol–water partition coefficient (Wildman–Crippen LogP) is 5.54. The van der Waals surface area contributed by atoms with E-state index in [0.29, 0.717) is 27.5 Å². The van der Waals surface area contributed by atoms with E-state index >= 15 is 0 Å². The Labute approximate surface area is 275 Å². The summed E-state index contributed by atoms with van der Waals surface area (Å²) >= 11 is 1.23. The topological polar surface area (TPSA) is 210 Å². The highest BCUT2D eigenvalue weighted by Gasteiger charge is 2.54. The Kier molecular flexibility index (Phi) is 10.7. The Hall–Kier alpha value is -3.63. The van der Waals surface area contributed by atoms with Crippen molar-refractivity contribution in [2.75, 3.05) is 25.7 Å². The van der Waals surface area contributed by atoms with Crippen LogP contribution in [-0.2, 0) is 44.0 Å². The molecule has 0 saturated heterocycles. The average molecular weight is 695 g/mol. The van der Waals surface area contributed by atoms with Crippen LogP contribution in [0.3, 0.4) is 0 Å². The molecule has 1 aliphatic carbocycles. The Morgan fingerprint density at radius 3 is 2.11 bits per heavy atom. The number of esters is 2. The minimum atomic E-state index is -4.11. The van der Waals surface area contributed by atoms with Gasteiger partial charge >= 0.3 is 19.5 Å². The lowest BCUT2D eigenvalue weighted by Crippen LogP contribution is -2.27. The number of carbonyl (C=O) groups is 2. The summed E-state index contributed by atoms with van der Waals surface area (Å²) in [5.74, 6) is -1.12. The lowest BCUT2D eigenvalue weighted by atomic mass is 9.98. The Balaban J connectivity index is 1.49. The van der Waals surface area contributed by atoms with Gasteiger partial charge in [-0.25, -0.2) is 9.97 Å². The summed E-state index contributed by atoms with van der Waals surface area (Å²) in [6, 6.07) is 6.01. The quantitative estimate of drug-likeness (QED) is 0.0548. The summed E-state index contributed by atoms with van der Waals surface area (Å²) in [6.07, 6.45) is 1.64. The maximum Gasteiger partial charge on any atom is 0.361 e. The molecule has 2 unspecified atom stereocenters. The molecule has 2 N–H and O–H groups in total. The van der Waals surface area contributed by atoms with Crippen molar-refractivity contribution in [3.05, 3.63) is 40.7 Å². The van der Waals surface area contributed by atoms with Crippen molar-refractivity contribution < 1.29 is 42.3 Å². The molecule has 0 aliphatic heterocycles. The third kappa shape index (κ3) is 9.26. The molecule has 2 heterocycles. The molecule has 1 aliphatic rings. The number of ether oxygens (including phenoxy) is 3. The molecule has 2 atom stereocenters. The second-order valence-corrected chi connectivity index (χ2v) is 16.3. The number of nitro groups is 1. The molecule has 16 nitrogen and oxygen atoms in total. The van der Waals surface area contributed by atoms with Crippen LogP contribution < -0.4 is 5.73 Å². The summed E-state index contributed by atoms with van der Waals surface area (Å²) in [5, 5.41) is 11.5. The van der Waals surface area contributed by atoms with E-state index in [4.69, 9.17) is 29.0 Å². The molecule has 1 fully saturated rings. The third-order valence-corrected chi connectivity index (χ3v) is 9.58. The number of benzene rings is 1. The number of non-ortho nitro benzene ring substituents is 1. The second kappa shape index (κ2) is 13.8. The van der Waals surface area contributed by atoms with Gasteiger partial charge in [0.25, 0.3) is 5.69 Å². The Morgan fingerprint density at radius 1 is 1.06 bits per heavy atom. The number of hydrogen-bond acceptors (Lipinski definition) is 15. The van der Waals surface area contributed by atoms with Crippen LogP contribution in [0, 0.1) is 26.9 Å². The molecule has 4 rings (SSSR count). The summed E-state index contributed by atoms with van der Waals surface area (Å²) in [7, 11) is -4.11. The lowest BCUT2D eigenvalue weighted by molar-refractivity contribution is -0.384. The van der Waals surface area contributed by atoms with E-state index in [2.05, 4.69) is 15.0 Å². The molecule has 47 heavy (non-hydrogen) atoms. The van der Waals surface area contributed by atoms with Crippen LogP contribution in [0.2, 0.25) is 0 Å². The van der Waals surface area contributed by atoms with Crippen molar-refractivity contribution in [2.45, 2.75) is 77.0 Å². The zero-order valence-corrected chi connectivity index (χ0v) is 29.0. The standard InChI is InChI=1S/C29H39N6O10PS/c1-18-12-29(18,43-17-46(40,44-15-41-24(36)27(2,3)4)45-16-42-25(37)28(5,6)7)13-34-14-31-21-22(34)32-26(30)33-23(21)47-20-10-8-19(9-11-20)35(38)39/h8-11,14,18H,12-13,15-17H2,1-7H3,(H2,30,32,33). The Bertz CT molecular complexity index is 1650. The lowest BCUT2D eigenvalue weighted by Gasteiger charge is -2.24. The summed E-state index contributed by atoms with van der Waals surface area (Å²) in [5.41, 5.74) is 4.45. The fourth-order valence-electron chi connectivity index (χ4n) is 4.16. The van der Waals surface area contributed by atoms with E-state index in [1.807, 2.05) is 6.92 Å². The minimum Gasteiger partial charge on any atom is -0.438 e. The molecule has 256 valence electrons. The van der Waals surface area contributed by atoms with Crippen LogP contribution in [-0.4, -0.2) is 61.9 Å². The number of rotatable bonds is 14. The molecule has 1 aromatic carbocycles. The van der Waals surface area contributed by atoms with Gasteiger partial charge in [-0.3, -0.25) is 33.3 Å². The maximum atomic E-state index is 13.7. The molecule has 3 aromatic rings. The molecule has 0 bridgehead atoms. The highest BCUT2D eigenvalue weighted by atomic mass is 32.2.